The van der Waals surface area contributed by atoms with Crippen molar-refractivity contribution in [1.29, 1.82) is 0 Å². The molecule has 0 aromatic heterocycles. The number of hydrogen-bond acceptors (Lipinski definition) is 1. The third kappa shape index (κ3) is 4.39. The average Bonchev–Trinajstić information content (AvgIpc) is 2.49. The van der Waals surface area contributed by atoms with E-state index in [0.717, 1.165) is 12.1 Å². The minimum atomic E-state index is 0.155. The first-order valence-electron chi connectivity index (χ1n) is 7.41. The van der Waals surface area contributed by atoms with Gasteiger partial charge in [0.15, 0.2) is 0 Å². The lowest BCUT2D eigenvalue weighted by molar-refractivity contribution is 0.793. The van der Waals surface area contributed by atoms with E-state index >= 15 is 0 Å². The summed E-state index contributed by atoms with van der Waals surface area (Å²) in [5, 5.41) is 4.69. The first kappa shape index (κ1) is 16.2. The Balaban J connectivity index is 2.08. The molecule has 21 heavy (non-hydrogen) atoms. The van der Waals surface area contributed by atoms with Crippen molar-refractivity contribution in [1.82, 2.24) is 0 Å². The zero-order chi connectivity index (χ0) is 15.2. The number of nitrogens with one attached hydrogen (secondary N) is 1. The maximum absolute atomic E-state index is 6.20. The van der Waals surface area contributed by atoms with Crippen LogP contribution in [0.3, 0.4) is 0 Å². The Bertz CT molecular complexity index is 558. The van der Waals surface area contributed by atoms with Gasteiger partial charge in [0.05, 0.1) is 15.7 Å². The van der Waals surface area contributed by atoms with Gasteiger partial charge in [0.1, 0.15) is 0 Å². The summed E-state index contributed by atoms with van der Waals surface area (Å²) >= 11 is 12.4. The molecule has 1 nitrogen and oxygen atoms in total. The molecular formula is C18H21Cl2N. The number of aryl methyl sites for hydroxylation is 1. The van der Waals surface area contributed by atoms with E-state index in [1.165, 1.54) is 24.0 Å². The van der Waals surface area contributed by atoms with Gasteiger partial charge >= 0.3 is 0 Å². The highest BCUT2D eigenvalue weighted by atomic mass is 35.5. The van der Waals surface area contributed by atoms with Crippen molar-refractivity contribution >= 4 is 28.9 Å². The van der Waals surface area contributed by atoms with Crippen LogP contribution in [0.4, 0.5) is 5.69 Å². The maximum Gasteiger partial charge on any atom is 0.0723 e. The topological polar surface area (TPSA) is 12.0 Å². The summed E-state index contributed by atoms with van der Waals surface area (Å²) in [5.74, 6) is 0. The summed E-state index contributed by atoms with van der Waals surface area (Å²) in [4.78, 5) is 0. The minimum Gasteiger partial charge on any atom is -0.376 e. The molecule has 0 aliphatic heterocycles. The zero-order valence-electron chi connectivity index (χ0n) is 12.5. The molecule has 0 heterocycles. The van der Waals surface area contributed by atoms with Crippen LogP contribution < -0.4 is 5.32 Å². The van der Waals surface area contributed by atoms with E-state index in [1.807, 2.05) is 18.2 Å². The van der Waals surface area contributed by atoms with Crippen molar-refractivity contribution in [2.45, 2.75) is 39.2 Å². The molecule has 0 spiro atoms. The fraction of sp³-hybridized carbons (Fsp3) is 0.333. The number of anilines is 1. The van der Waals surface area contributed by atoms with Crippen LogP contribution in [0.15, 0.2) is 42.5 Å². The molecule has 0 bridgehead atoms. The molecule has 0 saturated carbocycles. The maximum atomic E-state index is 6.20. The predicted octanol–water partition coefficient (Wildman–Crippen LogP) is 6.51. The van der Waals surface area contributed by atoms with Crippen molar-refractivity contribution in [2.75, 3.05) is 5.32 Å². The van der Waals surface area contributed by atoms with Gasteiger partial charge in [-0.05, 0) is 43.0 Å². The molecule has 1 N–H and O–H groups in total. The highest BCUT2D eigenvalue weighted by Crippen LogP contribution is 2.32. The summed E-state index contributed by atoms with van der Waals surface area (Å²) in [7, 11) is 0. The normalized spacial score (nSPS) is 12.2. The predicted molar refractivity (Wildman–Crippen MR) is 93.6 cm³/mol. The molecule has 0 saturated heterocycles. The van der Waals surface area contributed by atoms with Gasteiger partial charge in [-0.1, -0.05) is 66.9 Å². The Morgan fingerprint density at radius 1 is 1.00 bits per heavy atom. The van der Waals surface area contributed by atoms with Gasteiger partial charge in [-0.25, -0.2) is 0 Å². The summed E-state index contributed by atoms with van der Waals surface area (Å²) in [5.41, 5.74) is 3.42. The van der Waals surface area contributed by atoms with Gasteiger partial charge in [0.2, 0.25) is 0 Å². The van der Waals surface area contributed by atoms with Crippen molar-refractivity contribution in [2.24, 2.45) is 0 Å². The van der Waals surface area contributed by atoms with Crippen LogP contribution in [0, 0.1) is 0 Å². The van der Waals surface area contributed by atoms with Gasteiger partial charge in [-0.15, -0.1) is 0 Å². The van der Waals surface area contributed by atoms with E-state index < -0.39 is 0 Å². The Kier molecular flexibility index (Phi) is 5.96. The van der Waals surface area contributed by atoms with Crippen molar-refractivity contribution in [3.05, 3.63) is 63.6 Å². The largest absolute Gasteiger partial charge is 0.376 e. The van der Waals surface area contributed by atoms with Crippen LogP contribution in [-0.2, 0) is 6.42 Å². The lowest BCUT2D eigenvalue weighted by Crippen LogP contribution is -2.07. The number of benzene rings is 2. The summed E-state index contributed by atoms with van der Waals surface area (Å²) in [6.45, 7) is 4.33. The van der Waals surface area contributed by atoms with Gasteiger partial charge in [0, 0.05) is 6.04 Å². The quantitative estimate of drug-likeness (QED) is 0.639. The molecule has 2 aromatic carbocycles. The third-order valence-corrected chi connectivity index (χ3v) is 4.25. The van der Waals surface area contributed by atoms with E-state index in [2.05, 4.69) is 43.4 Å². The Hall–Kier alpha value is -1.18. The monoisotopic (exact) mass is 321 g/mol. The fourth-order valence-electron chi connectivity index (χ4n) is 2.29. The number of rotatable bonds is 6. The van der Waals surface area contributed by atoms with Crippen molar-refractivity contribution < 1.29 is 0 Å². The molecule has 112 valence electrons. The summed E-state index contributed by atoms with van der Waals surface area (Å²) in [6.07, 6.45) is 3.61. The summed E-state index contributed by atoms with van der Waals surface area (Å²) in [6, 6.07) is 14.5. The number of para-hydroxylation sites is 1. The van der Waals surface area contributed by atoms with Gasteiger partial charge < -0.3 is 5.32 Å². The number of hydrogen-bond donors (Lipinski definition) is 1. The van der Waals surface area contributed by atoms with Crippen LogP contribution in [0.25, 0.3) is 0 Å². The zero-order valence-corrected chi connectivity index (χ0v) is 14.0. The van der Waals surface area contributed by atoms with E-state index in [0.29, 0.717) is 10.0 Å². The minimum absolute atomic E-state index is 0.155. The van der Waals surface area contributed by atoms with Crippen LogP contribution in [0.2, 0.25) is 10.0 Å². The molecule has 0 radical (unpaired) electrons. The standard InChI is InChI=1S/C18H21Cl2N/c1-3-4-6-14-9-11-15(12-10-14)13(2)21-18-16(19)7-5-8-17(18)20/h5,7-13,21H,3-4,6H2,1-2H3. The second-order valence-electron chi connectivity index (χ2n) is 5.31. The van der Waals surface area contributed by atoms with E-state index in [4.69, 9.17) is 23.2 Å². The van der Waals surface area contributed by atoms with Crippen LogP contribution in [-0.4, -0.2) is 0 Å². The molecule has 0 aliphatic carbocycles. The lowest BCUT2D eigenvalue weighted by Gasteiger charge is -2.18. The fourth-order valence-corrected chi connectivity index (χ4v) is 2.80. The second-order valence-corrected chi connectivity index (χ2v) is 6.12. The highest BCUT2D eigenvalue weighted by molar-refractivity contribution is 6.39. The molecule has 1 atom stereocenters. The number of halogens is 2. The third-order valence-electron chi connectivity index (χ3n) is 3.62. The SMILES string of the molecule is CCCCc1ccc(C(C)Nc2c(Cl)cccc2Cl)cc1. The Morgan fingerprint density at radius 2 is 1.62 bits per heavy atom. The Morgan fingerprint density at radius 3 is 2.19 bits per heavy atom. The van der Waals surface area contributed by atoms with E-state index in [1.54, 1.807) is 0 Å². The number of unbranched alkanes of at least 4 members (excludes halogenated alkanes) is 1. The van der Waals surface area contributed by atoms with Crippen LogP contribution in [0.1, 0.15) is 43.9 Å². The lowest BCUT2D eigenvalue weighted by atomic mass is 10.0. The van der Waals surface area contributed by atoms with Crippen LogP contribution >= 0.6 is 23.2 Å². The Labute approximate surface area is 137 Å². The van der Waals surface area contributed by atoms with E-state index in [9.17, 15) is 0 Å². The molecule has 0 aliphatic rings. The molecule has 1 unspecified atom stereocenters. The summed E-state index contributed by atoms with van der Waals surface area (Å²) < 4.78 is 0. The first-order valence-corrected chi connectivity index (χ1v) is 8.16. The molecule has 0 fully saturated rings. The second kappa shape index (κ2) is 7.72. The van der Waals surface area contributed by atoms with Crippen LogP contribution in [0.5, 0.6) is 0 Å². The van der Waals surface area contributed by atoms with E-state index in [-0.39, 0.29) is 6.04 Å². The molecule has 2 aromatic rings. The highest BCUT2D eigenvalue weighted by Gasteiger charge is 2.10. The van der Waals surface area contributed by atoms with Crippen molar-refractivity contribution in [3.8, 4) is 0 Å². The van der Waals surface area contributed by atoms with Gasteiger partial charge in [-0.3, -0.25) is 0 Å². The van der Waals surface area contributed by atoms with Gasteiger partial charge in [-0.2, -0.15) is 0 Å². The first-order chi connectivity index (χ1) is 10.1. The average molecular weight is 322 g/mol. The molecular weight excluding hydrogens is 301 g/mol. The van der Waals surface area contributed by atoms with Gasteiger partial charge in [0.25, 0.3) is 0 Å². The smallest absolute Gasteiger partial charge is 0.0723 e. The molecule has 2 rings (SSSR count). The van der Waals surface area contributed by atoms with Crippen molar-refractivity contribution in [3.63, 3.8) is 0 Å². The molecule has 3 heteroatoms. The molecule has 0 amide bonds.